The van der Waals surface area contributed by atoms with Crippen molar-refractivity contribution in [1.82, 2.24) is 9.97 Å². The third-order valence-electron chi connectivity index (χ3n) is 5.23. The van der Waals surface area contributed by atoms with Crippen LogP contribution in [0.2, 0.25) is 0 Å². The Morgan fingerprint density at radius 1 is 1.38 bits per heavy atom. The van der Waals surface area contributed by atoms with Gasteiger partial charge < -0.3 is 11.1 Å². The number of nitrogens with zero attached hydrogens (tertiary/aromatic N) is 3. The molecular weight excluding hydrogens is 362 g/mol. The Morgan fingerprint density at radius 2 is 2.10 bits per heavy atom. The van der Waals surface area contributed by atoms with Crippen LogP contribution in [-0.4, -0.2) is 27.8 Å². The van der Waals surface area contributed by atoms with Crippen molar-refractivity contribution in [3.63, 3.8) is 0 Å². The lowest BCUT2D eigenvalue weighted by atomic mass is 9.91. The van der Waals surface area contributed by atoms with Crippen molar-refractivity contribution in [2.45, 2.75) is 52.4 Å². The van der Waals surface area contributed by atoms with Gasteiger partial charge in [0.2, 0.25) is 0 Å². The lowest BCUT2D eigenvalue weighted by molar-refractivity contribution is -0.114. The van der Waals surface area contributed by atoms with Gasteiger partial charge in [0.25, 0.3) is 5.91 Å². The molecule has 6 heteroatoms. The summed E-state index contributed by atoms with van der Waals surface area (Å²) < 4.78 is 0. The maximum atomic E-state index is 11.7. The second-order valence-electron chi connectivity index (χ2n) is 7.72. The standard InChI is InChI=1S/C23H27N5O/c1-13-9-20(28-21(10-13)22(25)29)18(11-15(3)14(2)7-8-24)19-12-26-23(17-5-6-17)27-16(19)4/h8,10-12,17,24H,1,5-7,9H2,2-4H3,(H2,25,29)/b15-14+,18-11-,24-8?. The van der Waals surface area contributed by atoms with E-state index in [9.17, 15) is 4.79 Å². The Hall–Kier alpha value is -3.15. The van der Waals surface area contributed by atoms with Crippen molar-refractivity contribution in [2.75, 3.05) is 0 Å². The number of nitrogens with one attached hydrogen (secondary N) is 1. The summed E-state index contributed by atoms with van der Waals surface area (Å²) in [7, 11) is 0. The number of aryl methyl sites for hydroxylation is 1. The molecule has 1 aromatic rings. The summed E-state index contributed by atoms with van der Waals surface area (Å²) in [5.74, 6) is 0.792. The summed E-state index contributed by atoms with van der Waals surface area (Å²) in [6.45, 7) is 10.0. The Balaban J connectivity index is 2.14. The van der Waals surface area contributed by atoms with Crippen LogP contribution in [-0.2, 0) is 4.79 Å². The number of carbonyl (C=O) groups excluding carboxylic acids is 1. The van der Waals surface area contributed by atoms with Crippen LogP contribution < -0.4 is 5.73 Å². The molecule has 3 rings (SSSR count). The molecule has 1 aliphatic heterocycles. The number of rotatable bonds is 7. The molecule has 0 atom stereocenters. The van der Waals surface area contributed by atoms with Gasteiger partial charge in [0.05, 0.1) is 5.71 Å². The molecular formula is C23H27N5O. The van der Waals surface area contributed by atoms with Gasteiger partial charge in [-0.2, -0.15) is 0 Å². The SMILES string of the molecule is C=C1C=C(C(N)=O)N=C(/C(=C\C(C)=C(/C)CC=N)c2cnc(C3CC3)nc2C)C1. The molecule has 0 unspecified atom stereocenters. The minimum atomic E-state index is -0.577. The largest absolute Gasteiger partial charge is 0.364 e. The zero-order chi connectivity index (χ0) is 21.1. The molecule has 0 saturated heterocycles. The second kappa shape index (κ2) is 8.47. The topological polar surface area (TPSA) is 105 Å². The molecule has 3 N–H and O–H groups in total. The predicted octanol–water partition coefficient (Wildman–Crippen LogP) is 4.19. The molecule has 6 nitrogen and oxygen atoms in total. The first-order valence-electron chi connectivity index (χ1n) is 9.78. The zero-order valence-corrected chi connectivity index (χ0v) is 17.2. The Morgan fingerprint density at radius 3 is 2.69 bits per heavy atom. The number of hydrogen-bond donors (Lipinski definition) is 2. The quantitative estimate of drug-likeness (QED) is 0.539. The van der Waals surface area contributed by atoms with Crippen LogP contribution in [0.3, 0.4) is 0 Å². The first-order valence-corrected chi connectivity index (χ1v) is 9.78. The summed E-state index contributed by atoms with van der Waals surface area (Å²) in [6, 6.07) is 0. The normalized spacial score (nSPS) is 18.0. The van der Waals surface area contributed by atoms with Crippen molar-refractivity contribution in [3.05, 3.63) is 64.4 Å². The van der Waals surface area contributed by atoms with Gasteiger partial charge in [-0.25, -0.2) is 15.0 Å². The molecule has 1 aromatic heterocycles. The number of hydrogen-bond acceptors (Lipinski definition) is 5. The number of aliphatic imine (C=N–C) groups is 1. The van der Waals surface area contributed by atoms with Crippen LogP contribution in [0.4, 0.5) is 0 Å². The minimum absolute atomic E-state index is 0.202. The Bertz CT molecular complexity index is 1010. The maximum absolute atomic E-state index is 11.7. The smallest absolute Gasteiger partial charge is 0.267 e. The van der Waals surface area contributed by atoms with Crippen molar-refractivity contribution >= 4 is 23.4 Å². The highest BCUT2D eigenvalue weighted by atomic mass is 16.1. The molecule has 2 heterocycles. The number of amides is 1. The predicted molar refractivity (Wildman–Crippen MR) is 117 cm³/mol. The summed E-state index contributed by atoms with van der Waals surface area (Å²) in [4.78, 5) is 25.6. The maximum Gasteiger partial charge on any atom is 0.267 e. The van der Waals surface area contributed by atoms with E-state index < -0.39 is 5.91 Å². The van der Waals surface area contributed by atoms with Gasteiger partial charge in [-0.1, -0.05) is 17.7 Å². The van der Waals surface area contributed by atoms with Crippen LogP contribution in [0.15, 0.2) is 52.3 Å². The number of nitrogens with two attached hydrogens (primary N) is 1. The van der Waals surface area contributed by atoms with Crippen molar-refractivity contribution in [3.8, 4) is 0 Å². The second-order valence-corrected chi connectivity index (χ2v) is 7.72. The van der Waals surface area contributed by atoms with E-state index in [1.54, 1.807) is 6.08 Å². The summed E-state index contributed by atoms with van der Waals surface area (Å²) in [5.41, 5.74) is 11.9. The number of aromatic nitrogens is 2. The lowest BCUT2D eigenvalue weighted by Crippen LogP contribution is -2.18. The fourth-order valence-electron chi connectivity index (χ4n) is 3.22. The van der Waals surface area contributed by atoms with Crippen LogP contribution in [0.25, 0.3) is 5.57 Å². The van der Waals surface area contributed by atoms with E-state index in [-0.39, 0.29) is 5.70 Å². The summed E-state index contributed by atoms with van der Waals surface area (Å²) >= 11 is 0. The Kier molecular flexibility index (Phi) is 6.01. The number of carbonyl (C=O) groups is 1. The first-order chi connectivity index (χ1) is 13.8. The summed E-state index contributed by atoms with van der Waals surface area (Å²) in [5, 5.41) is 7.38. The summed E-state index contributed by atoms with van der Waals surface area (Å²) in [6.07, 6.45) is 10.3. The van der Waals surface area contributed by atoms with Crippen molar-refractivity contribution in [1.29, 1.82) is 5.41 Å². The molecule has 0 bridgehead atoms. The van der Waals surface area contributed by atoms with E-state index in [4.69, 9.17) is 16.1 Å². The van der Waals surface area contributed by atoms with Gasteiger partial charge in [0, 0.05) is 41.8 Å². The fourth-order valence-corrected chi connectivity index (χ4v) is 3.22. The van der Waals surface area contributed by atoms with Crippen LogP contribution in [0, 0.1) is 12.3 Å². The molecule has 1 saturated carbocycles. The van der Waals surface area contributed by atoms with Gasteiger partial charge in [0.1, 0.15) is 11.5 Å². The van der Waals surface area contributed by atoms with Crippen LogP contribution in [0.5, 0.6) is 0 Å². The lowest BCUT2D eigenvalue weighted by Gasteiger charge is -2.18. The molecule has 1 amide bonds. The average Bonchev–Trinajstić information content (AvgIpc) is 3.51. The third kappa shape index (κ3) is 4.83. The Labute approximate surface area is 171 Å². The van der Waals surface area contributed by atoms with Gasteiger partial charge >= 0.3 is 0 Å². The van der Waals surface area contributed by atoms with Gasteiger partial charge in [-0.15, -0.1) is 0 Å². The molecule has 150 valence electrons. The molecule has 2 aliphatic rings. The van der Waals surface area contributed by atoms with E-state index in [1.165, 1.54) is 6.21 Å². The molecule has 0 spiro atoms. The first kappa shape index (κ1) is 20.6. The molecule has 29 heavy (non-hydrogen) atoms. The molecule has 1 fully saturated rings. The zero-order valence-electron chi connectivity index (χ0n) is 17.2. The van der Waals surface area contributed by atoms with Crippen molar-refractivity contribution in [2.24, 2.45) is 10.7 Å². The highest BCUT2D eigenvalue weighted by Crippen LogP contribution is 2.38. The third-order valence-corrected chi connectivity index (χ3v) is 5.23. The molecule has 0 radical (unpaired) electrons. The van der Waals surface area contributed by atoms with E-state index >= 15 is 0 Å². The highest BCUT2D eigenvalue weighted by molar-refractivity contribution is 6.26. The van der Waals surface area contributed by atoms with E-state index in [0.29, 0.717) is 18.8 Å². The van der Waals surface area contributed by atoms with E-state index in [1.807, 2.05) is 33.0 Å². The fraction of sp³-hybridized carbons (Fsp3) is 0.348. The minimum Gasteiger partial charge on any atom is -0.364 e. The van der Waals surface area contributed by atoms with Crippen molar-refractivity contribution < 1.29 is 4.79 Å². The van der Waals surface area contributed by atoms with Crippen LogP contribution >= 0.6 is 0 Å². The van der Waals surface area contributed by atoms with E-state index in [2.05, 4.69) is 16.6 Å². The number of allylic oxidation sites excluding steroid dienone is 6. The monoisotopic (exact) mass is 389 g/mol. The number of primary amides is 1. The average molecular weight is 390 g/mol. The molecule has 1 aliphatic carbocycles. The van der Waals surface area contributed by atoms with Crippen LogP contribution in [0.1, 0.15) is 62.5 Å². The highest BCUT2D eigenvalue weighted by Gasteiger charge is 2.27. The van der Waals surface area contributed by atoms with Gasteiger partial charge in [0.15, 0.2) is 0 Å². The molecule has 0 aromatic carbocycles. The van der Waals surface area contributed by atoms with E-state index in [0.717, 1.165) is 57.9 Å². The van der Waals surface area contributed by atoms with Gasteiger partial charge in [-0.05, 0) is 57.6 Å². The van der Waals surface area contributed by atoms with Gasteiger partial charge in [-0.3, -0.25) is 4.79 Å².